The van der Waals surface area contributed by atoms with E-state index in [1.165, 1.54) is 0 Å². The van der Waals surface area contributed by atoms with Gasteiger partial charge in [-0.1, -0.05) is 23.2 Å². The van der Waals surface area contributed by atoms with Crippen LogP contribution in [0.5, 0.6) is 0 Å². The number of aliphatic hydroxyl groups excluding tert-OH is 1. The number of imidazole rings is 1. The van der Waals surface area contributed by atoms with E-state index in [0.29, 0.717) is 16.6 Å². The largest absolute Gasteiger partial charge is 0.395 e. The van der Waals surface area contributed by atoms with Crippen LogP contribution >= 0.6 is 23.2 Å². The quantitative estimate of drug-likeness (QED) is 0.918. The van der Waals surface area contributed by atoms with Crippen molar-refractivity contribution in [2.75, 3.05) is 6.61 Å². The minimum atomic E-state index is 0.0641. The van der Waals surface area contributed by atoms with Crippen molar-refractivity contribution in [2.24, 2.45) is 0 Å². The van der Waals surface area contributed by atoms with Crippen molar-refractivity contribution >= 4 is 23.2 Å². The molecule has 0 spiro atoms. The van der Waals surface area contributed by atoms with Crippen molar-refractivity contribution in [3.63, 3.8) is 0 Å². The number of halogens is 2. The number of benzene rings is 1. The van der Waals surface area contributed by atoms with Gasteiger partial charge in [-0.05, 0) is 18.2 Å². The third-order valence-corrected chi connectivity index (χ3v) is 2.78. The predicted octanol–water partition coefficient (Wildman–Crippen LogP) is 2.85. The summed E-state index contributed by atoms with van der Waals surface area (Å²) in [7, 11) is 0. The molecule has 1 aromatic heterocycles. The van der Waals surface area contributed by atoms with Gasteiger partial charge in [0.15, 0.2) is 0 Å². The minimum Gasteiger partial charge on any atom is -0.395 e. The van der Waals surface area contributed by atoms with Crippen LogP contribution in [0.25, 0.3) is 11.4 Å². The van der Waals surface area contributed by atoms with E-state index >= 15 is 0 Å². The number of aliphatic hydroxyl groups is 1. The monoisotopic (exact) mass is 256 g/mol. The van der Waals surface area contributed by atoms with E-state index in [-0.39, 0.29) is 6.61 Å². The summed E-state index contributed by atoms with van der Waals surface area (Å²) in [5.74, 6) is 0.732. The van der Waals surface area contributed by atoms with Gasteiger partial charge in [0, 0.05) is 29.5 Å². The van der Waals surface area contributed by atoms with Gasteiger partial charge in [-0.2, -0.15) is 0 Å². The molecule has 0 aliphatic carbocycles. The highest BCUT2D eigenvalue weighted by Gasteiger charge is 2.09. The molecule has 0 aliphatic rings. The molecule has 5 heteroatoms. The molecule has 0 radical (unpaired) electrons. The van der Waals surface area contributed by atoms with Crippen LogP contribution in [-0.4, -0.2) is 21.3 Å². The first-order valence-corrected chi connectivity index (χ1v) is 5.55. The van der Waals surface area contributed by atoms with E-state index in [0.717, 1.165) is 11.4 Å². The molecule has 16 heavy (non-hydrogen) atoms. The smallest absolute Gasteiger partial charge is 0.141 e. The lowest BCUT2D eigenvalue weighted by molar-refractivity contribution is 0.276. The van der Waals surface area contributed by atoms with Crippen molar-refractivity contribution in [3.05, 3.63) is 40.6 Å². The van der Waals surface area contributed by atoms with Crippen molar-refractivity contribution in [1.29, 1.82) is 0 Å². The van der Waals surface area contributed by atoms with Gasteiger partial charge < -0.3 is 9.67 Å². The van der Waals surface area contributed by atoms with Crippen molar-refractivity contribution < 1.29 is 5.11 Å². The van der Waals surface area contributed by atoms with Gasteiger partial charge in [-0.15, -0.1) is 0 Å². The Kier molecular flexibility index (Phi) is 3.49. The zero-order valence-corrected chi connectivity index (χ0v) is 9.91. The van der Waals surface area contributed by atoms with Gasteiger partial charge in [-0.3, -0.25) is 0 Å². The molecule has 1 N–H and O–H groups in total. The van der Waals surface area contributed by atoms with Crippen molar-refractivity contribution in [3.8, 4) is 11.4 Å². The summed E-state index contributed by atoms with van der Waals surface area (Å²) in [4.78, 5) is 4.22. The fraction of sp³-hybridized carbons (Fsp3) is 0.182. The maximum atomic E-state index is 8.92. The van der Waals surface area contributed by atoms with Crippen LogP contribution in [0.1, 0.15) is 0 Å². The first kappa shape index (κ1) is 11.5. The third-order valence-electron chi connectivity index (χ3n) is 2.23. The Morgan fingerprint density at radius 2 is 2.12 bits per heavy atom. The van der Waals surface area contributed by atoms with Crippen LogP contribution in [0.2, 0.25) is 10.0 Å². The second-order valence-corrected chi connectivity index (χ2v) is 4.14. The van der Waals surface area contributed by atoms with Crippen molar-refractivity contribution in [1.82, 2.24) is 9.55 Å². The third kappa shape index (κ3) is 2.21. The van der Waals surface area contributed by atoms with E-state index in [9.17, 15) is 0 Å². The van der Waals surface area contributed by atoms with E-state index in [1.54, 1.807) is 24.5 Å². The lowest BCUT2D eigenvalue weighted by Crippen LogP contribution is -2.03. The SMILES string of the molecule is OCCn1ccnc1-c1ccc(Cl)cc1Cl. The fourth-order valence-corrected chi connectivity index (χ4v) is 2.01. The van der Waals surface area contributed by atoms with E-state index in [4.69, 9.17) is 28.3 Å². The summed E-state index contributed by atoms with van der Waals surface area (Å²) >= 11 is 11.9. The highest BCUT2D eigenvalue weighted by atomic mass is 35.5. The second kappa shape index (κ2) is 4.87. The molecule has 84 valence electrons. The molecule has 0 atom stereocenters. The lowest BCUT2D eigenvalue weighted by Gasteiger charge is -2.07. The molecular weight excluding hydrogens is 247 g/mol. The van der Waals surface area contributed by atoms with Crippen LogP contribution < -0.4 is 0 Å². The fourth-order valence-electron chi connectivity index (χ4n) is 1.51. The number of rotatable bonds is 3. The maximum Gasteiger partial charge on any atom is 0.141 e. The Bertz CT molecular complexity index is 496. The van der Waals surface area contributed by atoms with Crippen molar-refractivity contribution in [2.45, 2.75) is 6.54 Å². The molecule has 2 aromatic rings. The second-order valence-electron chi connectivity index (χ2n) is 3.29. The minimum absolute atomic E-state index is 0.0641. The van der Waals surface area contributed by atoms with Crippen LogP contribution in [-0.2, 0) is 6.54 Å². The first-order valence-electron chi connectivity index (χ1n) is 4.80. The number of nitrogens with zero attached hydrogens (tertiary/aromatic N) is 2. The Morgan fingerprint density at radius 1 is 1.31 bits per heavy atom. The molecule has 0 saturated heterocycles. The van der Waals surface area contributed by atoms with E-state index in [2.05, 4.69) is 4.98 Å². The van der Waals surface area contributed by atoms with Gasteiger partial charge in [0.05, 0.1) is 11.6 Å². The molecule has 0 bridgehead atoms. The standard InChI is InChI=1S/C11H10Cl2N2O/c12-8-1-2-9(10(13)7-8)11-14-3-4-15(11)5-6-16/h1-4,7,16H,5-6H2. The Balaban J connectivity index is 2.46. The molecule has 2 rings (SSSR count). The van der Waals surface area contributed by atoms with Crippen LogP contribution in [0.15, 0.2) is 30.6 Å². The maximum absolute atomic E-state index is 8.92. The number of hydrogen-bond donors (Lipinski definition) is 1. The summed E-state index contributed by atoms with van der Waals surface area (Å²) in [6.07, 6.45) is 3.48. The Hall–Kier alpha value is -1.03. The van der Waals surface area contributed by atoms with E-state index in [1.807, 2.05) is 10.6 Å². The molecule has 0 fully saturated rings. The van der Waals surface area contributed by atoms with E-state index < -0.39 is 0 Å². The van der Waals surface area contributed by atoms with Gasteiger partial charge in [0.1, 0.15) is 5.82 Å². The summed E-state index contributed by atoms with van der Waals surface area (Å²) in [6.45, 7) is 0.558. The Morgan fingerprint density at radius 3 is 2.81 bits per heavy atom. The molecule has 0 amide bonds. The van der Waals surface area contributed by atoms with Gasteiger partial charge in [0.2, 0.25) is 0 Å². The number of hydrogen-bond acceptors (Lipinski definition) is 2. The van der Waals surface area contributed by atoms with Gasteiger partial charge in [-0.25, -0.2) is 4.98 Å². The zero-order valence-electron chi connectivity index (χ0n) is 8.40. The average molecular weight is 257 g/mol. The average Bonchev–Trinajstić information content (AvgIpc) is 2.67. The zero-order chi connectivity index (χ0) is 11.5. The van der Waals surface area contributed by atoms with Crippen LogP contribution in [0, 0.1) is 0 Å². The van der Waals surface area contributed by atoms with Gasteiger partial charge >= 0.3 is 0 Å². The Labute approximate surface area is 103 Å². The molecule has 3 nitrogen and oxygen atoms in total. The van der Waals surface area contributed by atoms with Crippen LogP contribution in [0.3, 0.4) is 0 Å². The number of aromatic nitrogens is 2. The summed E-state index contributed by atoms with van der Waals surface area (Å²) in [5.41, 5.74) is 0.810. The first-order chi connectivity index (χ1) is 7.72. The molecule has 1 heterocycles. The molecule has 0 unspecified atom stereocenters. The summed E-state index contributed by atoms with van der Waals surface area (Å²) in [5, 5.41) is 10.1. The highest BCUT2D eigenvalue weighted by molar-refractivity contribution is 6.36. The highest BCUT2D eigenvalue weighted by Crippen LogP contribution is 2.29. The van der Waals surface area contributed by atoms with Gasteiger partial charge in [0.25, 0.3) is 0 Å². The molecular formula is C11H10Cl2N2O. The summed E-state index contributed by atoms with van der Waals surface area (Å²) in [6, 6.07) is 5.26. The summed E-state index contributed by atoms with van der Waals surface area (Å²) < 4.78 is 1.84. The normalized spacial score (nSPS) is 10.7. The molecule has 1 aromatic carbocycles. The topological polar surface area (TPSA) is 38.0 Å². The molecule has 0 saturated carbocycles. The van der Waals surface area contributed by atoms with Crippen LogP contribution in [0.4, 0.5) is 0 Å². The molecule has 0 aliphatic heterocycles. The lowest BCUT2D eigenvalue weighted by atomic mass is 10.2. The predicted molar refractivity (Wildman–Crippen MR) is 64.8 cm³/mol.